The minimum atomic E-state index is -0.484. The standard InChI is InChI=1S/C24H24N6O4/c1-15-21(24(34)30(29(15)3)18-10-5-4-6-11-18)26-22(32)16-8-7-9-17(14-16)25-23(33)19-12-13-20(31)28(2)27-19/h4-11,14H,12-13H2,1-3H3,(H,25,33)(H,26,32). The van der Waals surface area contributed by atoms with Crippen LogP contribution in [0.4, 0.5) is 11.4 Å². The molecule has 1 aliphatic rings. The Kier molecular flexibility index (Phi) is 6.13. The molecule has 3 amide bonds. The Balaban J connectivity index is 1.54. The van der Waals surface area contributed by atoms with Crippen LogP contribution in [0.25, 0.3) is 5.69 Å². The van der Waals surface area contributed by atoms with Crippen molar-refractivity contribution in [2.24, 2.45) is 12.1 Å². The fourth-order valence-corrected chi connectivity index (χ4v) is 3.67. The van der Waals surface area contributed by atoms with Crippen molar-refractivity contribution in [2.45, 2.75) is 19.8 Å². The molecule has 2 N–H and O–H groups in total. The van der Waals surface area contributed by atoms with Gasteiger partial charge < -0.3 is 10.6 Å². The first-order chi connectivity index (χ1) is 16.3. The molecule has 3 aromatic rings. The molecule has 2 heterocycles. The van der Waals surface area contributed by atoms with E-state index < -0.39 is 11.8 Å². The number of aromatic nitrogens is 2. The summed E-state index contributed by atoms with van der Waals surface area (Å²) in [5, 5.41) is 10.6. The third-order valence-corrected chi connectivity index (χ3v) is 5.64. The van der Waals surface area contributed by atoms with Crippen molar-refractivity contribution >= 4 is 34.8 Å². The Bertz CT molecular complexity index is 1370. The van der Waals surface area contributed by atoms with Gasteiger partial charge in [-0.2, -0.15) is 5.10 Å². The lowest BCUT2D eigenvalue weighted by atomic mass is 10.1. The highest BCUT2D eigenvalue weighted by atomic mass is 16.2. The SMILES string of the molecule is Cc1c(NC(=O)c2cccc(NC(=O)C3=NN(C)C(=O)CC3)c2)c(=O)n(-c2ccccc2)n1C. The molecule has 0 spiro atoms. The van der Waals surface area contributed by atoms with Crippen LogP contribution in [0.2, 0.25) is 0 Å². The molecule has 0 fully saturated rings. The van der Waals surface area contributed by atoms with Gasteiger partial charge in [0.25, 0.3) is 17.4 Å². The number of carbonyl (C=O) groups excluding carboxylic acids is 3. The summed E-state index contributed by atoms with van der Waals surface area (Å²) in [7, 11) is 3.24. The Labute approximate surface area is 195 Å². The van der Waals surface area contributed by atoms with Crippen LogP contribution in [0.1, 0.15) is 28.9 Å². The molecule has 0 aliphatic carbocycles. The summed E-state index contributed by atoms with van der Waals surface area (Å²) in [5.74, 6) is -1.08. The number of hydrogen-bond acceptors (Lipinski definition) is 5. The Morgan fingerprint density at radius 2 is 1.65 bits per heavy atom. The summed E-state index contributed by atoms with van der Waals surface area (Å²) >= 11 is 0. The lowest BCUT2D eigenvalue weighted by Gasteiger charge is -2.19. The van der Waals surface area contributed by atoms with Crippen molar-refractivity contribution < 1.29 is 14.4 Å². The van der Waals surface area contributed by atoms with E-state index in [1.807, 2.05) is 30.3 Å². The molecule has 10 heteroatoms. The smallest absolute Gasteiger partial charge is 0.295 e. The van der Waals surface area contributed by atoms with Crippen molar-refractivity contribution in [2.75, 3.05) is 17.7 Å². The fraction of sp³-hybridized carbons (Fsp3) is 0.208. The zero-order valence-electron chi connectivity index (χ0n) is 19.0. The molecular weight excluding hydrogens is 436 g/mol. The minimum Gasteiger partial charge on any atom is -0.321 e. The Morgan fingerprint density at radius 3 is 2.35 bits per heavy atom. The van der Waals surface area contributed by atoms with Crippen molar-refractivity contribution in [3.05, 3.63) is 76.2 Å². The lowest BCUT2D eigenvalue weighted by Crippen LogP contribution is -2.34. The van der Waals surface area contributed by atoms with E-state index in [1.54, 1.807) is 36.9 Å². The van der Waals surface area contributed by atoms with E-state index in [0.717, 1.165) is 5.01 Å². The van der Waals surface area contributed by atoms with Gasteiger partial charge in [0, 0.05) is 38.2 Å². The number of hydrazone groups is 1. The summed E-state index contributed by atoms with van der Waals surface area (Å²) in [5.41, 5.74) is 2.00. The van der Waals surface area contributed by atoms with Crippen LogP contribution in [0.15, 0.2) is 64.5 Å². The van der Waals surface area contributed by atoms with Crippen LogP contribution in [0.3, 0.4) is 0 Å². The molecular formula is C24H24N6O4. The van der Waals surface area contributed by atoms with Gasteiger partial charge in [-0.25, -0.2) is 9.69 Å². The van der Waals surface area contributed by atoms with Crippen LogP contribution in [-0.2, 0) is 16.6 Å². The lowest BCUT2D eigenvalue weighted by molar-refractivity contribution is -0.130. The fourth-order valence-electron chi connectivity index (χ4n) is 3.67. The number of anilines is 2. The highest BCUT2D eigenvalue weighted by Gasteiger charge is 2.23. The number of carbonyl (C=O) groups is 3. The number of hydrogen-bond donors (Lipinski definition) is 2. The van der Waals surface area contributed by atoms with Crippen LogP contribution in [-0.4, -0.2) is 44.9 Å². The Hall–Kier alpha value is -4.47. The topological polar surface area (TPSA) is 118 Å². The van der Waals surface area contributed by atoms with Gasteiger partial charge in [-0.1, -0.05) is 24.3 Å². The molecule has 174 valence electrons. The van der Waals surface area contributed by atoms with Gasteiger partial charge in [0.05, 0.1) is 11.4 Å². The quantitative estimate of drug-likeness (QED) is 0.607. The minimum absolute atomic E-state index is 0.155. The number of nitrogens with zero attached hydrogens (tertiary/aromatic N) is 4. The number of para-hydroxylation sites is 1. The summed E-state index contributed by atoms with van der Waals surface area (Å²) < 4.78 is 3.16. The third kappa shape index (κ3) is 4.38. The maximum absolute atomic E-state index is 13.0. The summed E-state index contributed by atoms with van der Waals surface area (Å²) in [6.07, 6.45) is 0.457. The van der Waals surface area contributed by atoms with Gasteiger partial charge in [-0.3, -0.25) is 23.9 Å². The normalized spacial score (nSPS) is 13.4. The van der Waals surface area contributed by atoms with E-state index in [4.69, 9.17) is 0 Å². The monoisotopic (exact) mass is 460 g/mol. The first-order valence-corrected chi connectivity index (χ1v) is 10.7. The van der Waals surface area contributed by atoms with E-state index in [2.05, 4.69) is 15.7 Å². The maximum Gasteiger partial charge on any atom is 0.295 e. The van der Waals surface area contributed by atoms with Crippen molar-refractivity contribution in [3.8, 4) is 5.69 Å². The second kappa shape index (κ2) is 9.18. The number of rotatable bonds is 5. The van der Waals surface area contributed by atoms with Gasteiger partial charge in [0.2, 0.25) is 5.91 Å². The molecule has 0 unspecified atom stereocenters. The van der Waals surface area contributed by atoms with Crippen LogP contribution < -0.4 is 16.2 Å². The van der Waals surface area contributed by atoms with E-state index in [-0.39, 0.29) is 41.3 Å². The van der Waals surface area contributed by atoms with Gasteiger partial charge in [0.1, 0.15) is 11.4 Å². The van der Waals surface area contributed by atoms with Gasteiger partial charge in [0.15, 0.2) is 0 Å². The third-order valence-electron chi connectivity index (χ3n) is 5.64. The number of amides is 3. The zero-order valence-corrected chi connectivity index (χ0v) is 19.0. The first-order valence-electron chi connectivity index (χ1n) is 10.7. The molecule has 0 saturated carbocycles. The summed E-state index contributed by atoms with van der Waals surface area (Å²) in [6, 6.07) is 15.5. The van der Waals surface area contributed by atoms with Crippen molar-refractivity contribution in [3.63, 3.8) is 0 Å². The van der Waals surface area contributed by atoms with Crippen molar-refractivity contribution in [1.82, 2.24) is 14.4 Å². The molecule has 10 nitrogen and oxygen atoms in total. The molecule has 4 rings (SSSR count). The molecule has 1 aliphatic heterocycles. The highest BCUT2D eigenvalue weighted by molar-refractivity contribution is 6.43. The van der Waals surface area contributed by atoms with Crippen molar-refractivity contribution in [1.29, 1.82) is 0 Å². The molecule has 0 atom stereocenters. The largest absolute Gasteiger partial charge is 0.321 e. The first kappa shape index (κ1) is 22.7. The molecule has 0 saturated heterocycles. The molecule has 0 radical (unpaired) electrons. The Morgan fingerprint density at radius 1 is 0.912 bits per heavy atom. The van der Waals surface area contributed by atoms with Gasteiger partial charge in [-0.15, -0.1) is 0 Å². The average Bonchev–Trinajstić information content (AvgIpc) is 3.04. The zero-order chi connectivity index (χ0) is 24.4. The molecule has 2 aromatic carbocycles. The number of nitrogens with one attached hydrogen (secondary N) is 2. The number of benzene rings is 2. The van der Waals surface area contributed by atoms with Gasteiger partial charge >= 0.3 is 0 Å². The van der Waals surface area contributed by atoms with E-state index >= 15 is 0 Å². The van der Waals surface area contributed by atoms with E-state index in [9.17, 15) is 19.2 Å². The van der Waals surface area contributed by atoms with Gasteiger partial charge in [-0.05, 0) is 37.3 Å². The second-order valence-electron chi connectivity index (χ2n) is 7.89. The molecule has 0 bridgehead atoms. The summed E-state index contributed by atoms with van der Waals surface area (Å²) in [6.45, 7) is 1.75. The predicted molar refractivity (Wildman–Crippen MR) is 128 cm³/mol. The predicted octanol–water partition coefficient (Wildman–Crippen LogP) is 2.28. The van der Waals surface area contributed by atoms with Crippen LogP contribution in [0, 0.1) is 6.92 Å². The van der Waals surface area contributed by atoms with Crippen LogP contribution >= 0.6 is 0 Å². The second-order valence-corrected chi connectivity index (χ2v) is 7.89. The molecule has 34 heavy (non-hydrogen) atoms. The van der Waals surface area contributed by atoms with Crippen LogP contribution in [0.5, 0.6) is 0 Å². The maximum atomic E-state index is 13.0. The molecule has 1 aromatic heterocycles. The van der Waals surface area contributed by atoms with E-state index in [1.165, 1.54) is 17.8 Å². The highest BCUT2D eigenvalue weighted by Crippen LogP contribution is 2.17. The summed E-state index contributed by atoms with van der Waals surface area (Å²) in [4.78, 5) is 50.1. The van der Waals surface area contributed by atoms with E-state index in [0.29, 0.717) is 17.1 Å². The average molecular weight is 460 g/mol.